The fraction of sp³-hybridized carbons (Fsp3) is 0.412. The van der Waals surface area contributed by atoms with Crippen molar-refractivity contribution in [2.24, 2.45) is 0 Å². The van der Waals surface area contributed by atoms with Crippen LogP contribution in [0.2, 0.25) is 5.22 Å². The van der Waals surface area contributed by atoms with Crippen LogP contribution in [0.25, 0.3) is 0 Å². The molecule has 1 heterocycles. The predicted molar refractivity (Wildman–Crippen MR) is 84.6 cm³/mol. The van der Waals surface area contributed by atoms with Crippen LogP contribution in [0.3, 0.4) is 0 Å². The van der Waals surface area contributed by atoms with E-state index in [0.29, 0.717) is 5.22 Å². The van der Waals surface area contributed by atoms with Crippen LogP contribution >= 0.6 is 11.6 Å². The lowest BCUT2D eigenvalue weighted by Crippen LogP contribution is -2.24. The van der Waals surface area contributed by atoms with Crippen LogP contribution in [0.15, 0.2) is 22.6 Å². The van der Waals surface area contributed by atoms with E-state index >= 15 is 0 Å². The van der Waals surface area contributed by atoms with Crippen molar-refractivity contribution in [3.8, 4) is 0 Å². The Morgan fingerprint density at radius 1 is 1.10 bits per heavy atom. The molecular formula is C17H22ClNO. The van der Waals surface area contributed by atoms with Gasteiger partial charge in [-0.1, -0.05) is 13.0 Å². The standard InChI is InChI=1S/C17H22ClNO/c1-6-19-17(14-7-8-15(18)20-14)16-12(4)10(2)9-11(3)13(16)5/h7-9,17,19H,6H2,1-5H3. The van der Waals surface area contributed by atoms with Crippen molar-refractivity contribution in [3.63, 3.8) is 0 Å². The van der Waals surface area contributed by atoms with E-state index in [4.69, 9.17) is 16.0 Å². The quantitative estimate of drug-likeness (QED) is 0.870. The monoisotopic (exact) mass is 291 g/mol. The van der Waals surface area contributed by atoms with E-state index in [1.807, 2.05) is 6.07 Å². The first-order valence-electron chi connectivity index (χ1n) is 7.01. The van der Waals surface area contributed by atoms with Gasteiger partial charge in [-0.05, 0) is 85.8 Å². The van der Waals surface area contributed by atoms with Crippen molar-refractivity contribution in [1.82, 2.24) is 5.32 Å². The van der Waals surface area contributed by atoms with Crippen LogP contribution in [0, 0.1) is 27.7 Å². The third kappa shape index (κ3) is 2.77. The van der Waals surface area contributed by atoms with Crippen LogP contribution in [0.1, 0.15) is 46.5 Å². The van der Waals surface area contributed by atoms with Gasteiger partial charge >= 0.3 is 0 Å². The van der Waals surface area contributed by atoms with Gasteiger partial charge < -0.3 is 9.73 Å². The maximum atomic E-state index is 5.94. The molecule has 0 amide bonds. The summed E-state index contributed by atoms with van der Waals surface area (Å²) in [4.78, 5) is 0. The van der Waals surface area contributed by atoms with Crippen molar-refractivity contribution in [1.29, 1.82) is 0 Å². The minimum Gasteiger partial charge on any atom is -0.448 e. The normalized spacial score (nSPS) is 12.7. The van der Waals surface area contributed by atoms with Gasteiger partial charge in [0.05, 0.1) is 6.04 Å². The highest BCUT2D eigenvalue weighted by molar-refractivity contribution is 6.28. The van der Waals surface area contributed by atoms with Gasteiger partial charge in [-0.3, -0.25) is 0 Å². The Labute approximate surface area is 126 Å². The number of aryl methyl sites for hydroxylation is 2. The van der Waals surface area contributed by atoms with Gasteiger partial charge in [0, 0.05) is 0 Å². The lowest BCUT2D eigenvalue weighted by atomic mass is 9.88. The maximum Gasteiger partial charge on any atom is 0.193 e. The van der Waals surface area contributed by atoms with E-state index in [0.717, 1.165) is 12.3 Å². The molecule has 0 radical (unpaired) electrons. The average molecular weight is 292 g/mol. The molecule has 0 aliphatic carbocycles. The predicted octanol–water partition coefficient (Wildman–Crippen LogP) is 4.87. The van der Waals surface area contributed by atoms with E-state index in [1.54, 1.807) is 6.07 Å². The molecule has 1 unspecified atom stereocenters. The van der Waals surface area contributed by atoms with Gasteiger partial charge in [-0.25, -0.2) is 0 Å². The van der Waals surface area contributed by atoms with E-state index in [9.17, 15) is 0 Å². The van der Waals surface area contributed by atoms with E-state index in [2.05, 4.69) is 46.0 Å². The fourth-order valence-corrected chi connectivity index (χ4v) is 2.86. The lowest BCUT2D eigenvalue weighted by Gasteiger charge is -2.23. The van der Waals surface area contributed by atoms with E-state index < -0.39 is 0 Å². The molecule has 0 bridgehead atoms. The van der Waals surface area contributed by atoms with Crippen molar-refractivity contribution in [3.05, 3.63) is 57.0 Å². The fourth-order valence-electron chi connectivity index (χ4n) is 2.71. The summed E-state index contributed by atoms with van der Waals surface area (Å²) in [5, 5.41) is 3.95. The molecule has 1 aromatic heterocycles. The van der Waals surface area contributed by atoms with Crippen molar-refractivity contribution in [2.75, 3.05) is 6.54 Å². The maximum absolute atomic E-state index is 5.94. The molecule has 108 valence electrons. The van der Waals surface area contributed by atoms with Crippen LogP contribution in [-0.2, 0) is 0 Å². The molecular weight excluding hydrogens is 270 g/mol. The second-order valence-corrected chi connectivity index (χ2v) is 5.68. The summed E-state index contributed by atoms with van der Waals surface area (Å²) in [6.07, 6.45) is 0. The topological polar surface area (TPSA) is 25.2 Å². The molecule has 0 saturated carbocycles. The Morgan fingerprint density at radius 3 is 2.15 bits per heavy atom. The molecule has 2 aromatic rings. The molecule has 2 nitrogen and oxygen atoms in total. The van der Waals surface area contributed by atoms with Crippen LogP contribution in [0.5, 0.6) is 0 Å². The third-order valence-electron chi connectivity index (χ3n) is 4.00. The zero-order valence-corrected chi connectivity index (χ0v) is 13.6. The Kier molecular flexibility index (Phi) is 4.56. The third-order valence-corrected chi connectivity index (χ3v) is 4.20. The Bertz CT molecular complexity index is 589. The highest BCUT2D eigenvalue weighted by atomic mass is 35.5. The molecule has 1 aromatic carbocycles. The van der Waals surface area contributed by atoms with Crippen LogP contribution < -0.4 is 5.32 Å². The van der Waals surface area contributed by atoms with Gasteiger partial charge in [0.15, 0.2) is 5.22 Å². The first-order valence-corrected chi connectivity index (χ1v) is 7.39. The lowest BCUT2D eigenvalue weighted by molar-refractivity contribution is 0.451. The molecule has 0 aliphatic heterocycles. The van der Waals surface area contributed by atoms with Gasteiger partial charge in [-0.15, -0.1) is 0 Å². The molecule has 3 heteroatoms. The molecule has 2 rings (SSSR count). The Morgan fingerprint density at radius 2 is 1.70 bits per heavy atom. The van der Waals surface area contributed by atoms with Gasteiger partial charge in [-0.2, -0.15) is 0 Å². The largest absolute Gasteiger partial charge is 0.448 e. The SMILES string of the molecule is CCNC(c1ccc(Cl)o1)c1c(C)c(C)cc(C)c1C. The summed E-state index contributed by atoms with van der Waals surface area (Å²) >= 11 is 5.94. The van der Waals surface area contributed by atoms with Gasteiger partial charge in [0.1, 0.15) is 5.76 Å². The number of furan rings is 1. The first kappa shape index (κ1) is 15.1. The van der Waals surface area contributed by atoms with Crippen LogP contribution in [0.4, 0.5) is 0 Å². The highest BCUT2D eigenvalue weighted by Crippen LogP contribution is 2.33. The van der Waals surface area contributed by atoms with Crippen LogP contribution in [-0.4, -0.2) is 6.54 Å². The Hall–Kier alpha value is -1.25. The van der Waals surface area contributed by atoms with Crippen molar-refractivity contribution < 1.29 is 4.42 Å². The van der Waals surface area contributed by atoms with E-state index in [1.165, 1.54) is 27.8 Å². The molecule has 0 fully saturated rings. The molecule has 20 heavy (non-hydrogen) atoms. The number of hydrogen-bond donors (Lipinski definition) is 1. The average Bonchev–Trinajstić information content (AvgIpc) is 2.82. The molecule has 1 N–H and O–H groups in total. The van der Waals surface area contributed by atoms with Crippen molar-refractivity contribution in [2.45, 2.75) is 40.7 Å². The second-order valence-electron chi connectivity index (χ2n) is 5.31. The summed E-state index contributed by atoms with van der Waals surface area (Å²) in [5.74, 6) is 0.869. The minimum absolute atomic E-state index is 0.0473. The zero-order valence-electron chi connectivity index (χ0n) is 12.8. The van der Waals surface area contributed by atoms with Gasteiger partial charge in [0.2, 0.25) is 0 Å². The molecule has 0 saturated heterocycles. The smallest absolute Gasteiger partial charge is 0.193 e. The Balaban J connectivity index is 2.60. The number of nitrogens with one attached hydrogen (secondary N) is 1. The summed E-state index contributed by atoms with van der Waals surface area (Å²) < 4.78 is 5.65. The minimum atomic E-state index is 0.0473. The first-order chi connectivity index (χ1) is 9.45. The van der Waals surface area contributed by atoms with Gasteiger partial charge in [0.25, 0.3) is 0 Å². The zero-order chi connectivity index (χ0) is 14.9. The molecule has 0 aliphatic rings. The van der Waals surface area contributed by atoms with Crippen molar-refractivity contribution >= 4 is 11.6 Å². The number of benzene rings is 1. The number of hydrogen-bond acceptors (Lipinski definition) is 2. The van der Waals surface area contributed by atoms with E-state index in [-0.39, 0.29) is 6.04 Å². The summed E-state index contributed by atoms with van der Waals surface area (Å²) in [5.41, 5.74) is 6.54. The summed E-state index contributed by atoms with van der Waals surface area (Å²) in [6.45, 7) is 11.6. The summed E-state index contributed by atoms with van der Waals surface area (Å²) in [6, 6.07) is 6.04. The number of rotatable bonds is 4. The molecule has 1 atom stereocenters. The second kappa shape index (κ2) is 6.02. The highest BCUT2D eigenvalue weighted by Gasteiger charge is 2.22. The molecule has 0 spiro atoms. The number of halogens is 1. The summed E-state index contributed by atoms with van der Waals surface area (Å²) in [7, 11) is 0.